The van der Waals surface area contributed by atoms with Crippen molar-refractivity contribution in [1.29, 1.82) is 0 Å². The minimum Gasteiger partial charge on any atom is -0.480 e. The maximum Gasteiger partial charge on any atom is 0.321 e. The van der Waals surface area contributed by atoms with Crippen LogP contribution in [0.1, 0.15) is 30.1 Å². The topological polar surface area (TPSA) is 126 Å². The van der Waals surface area contributed by atoms with Crippen molar-refractivity contribution >= 4 is 29.3 Å². The Balaban J connectivity index is 1.33. The first-order valence-electron chi connectivity index (χ1n) is 11.3. The molecule has 4 rings (SSSR count). The Morgan fingerprint density at radius 1 is 1.15 bits per heavy atom. The fraction of sp³-hybridized carbons (Fsp3) is 0.280. The molecule has 1 aliphatic rings. The van der Waals surface area contributed by atoms with Crippen LogP contribution in [0, 0.1) is 0 Å². The third-order valence-corrected chi connectivity index (χ3v) is 5.95. The monoisotopic (exact) mass is 460 g/mol. The quantitative estimate of drug-likeness (QED) is 0.331. The molecular weight excluding hydrogens is 432 g/mol. The summed E-state index contributed by atoms with van der Waals surface area (Å²) in [5, 5.41) is 20.7. The summed E-state index contributed by atoms with van der Waals surface area (Å²) in [5.41, 5.74) is 8.63. The number of rotatable bonds is 9. The number of hydrogen-bond acceptors (Lipinski definition) is 6. The molecule has 0 unspecified atom stereocenters. The van der Waals surface area contributed by atoms with Gasteiger partial charge in [0.1, 0.15) is 11.7 Å². The number of carboxylic acids is 1. The minimum absolute atomic E-state index is 0.0922. The number of aromatic nitrogens is 3. The molecule has 0 radical (unpaired) electrons. The first-order chi connectivity index (χ1) is 16.5. The predicted octanol–water partition coefficient (Wildman–Crippen LogP) is 2.85. The number of aliphatic carboxylic acids is 1. The number of amides is 1. The molecule has 9 heteroatoms. The third kappa shape index (κ3) is 5.87. The number of anilines is 2. The van der Waals surface area contributed by atoms with Crippen LogP contribution in [-0.4, -0.2) is 56.0 Å². The molecule has 1 aromatic heterocycles. The molecule has 0 bridgehead atoms. The fourth-order valence-corrected chi connectivity index (χ4v) is 4.20. The number of benzene rings is 2. The van der Waals surface area contributed by atoms with E-state index in [1.165, 1.54) is 11.6 Å². The number of nitrogens with zero attached hydrogens (tertiary/aromatic N) is 4. The van der Waals surface area contributed by atoms with Crippen LogP contribution >= 0.6 is 0 Å². The molecule has 2 heterocycles. The van der Waals surface area contributed by atoms with Crippen molar-refractivity contribution in [1.82, 2.24) is 19.9 Å². The lowest BCUT2D eigenvalue weighted by Gasteiger charge is -2.20. The van der Waals surface area contributed by atoms with Crippen molar-refractivity contribution in [2.75, 3.05) is 24.1 Å². The van der Waals surface area contributed by atoms with Crippen molar-refractivity contribution in [3.05, 3.63) is 78.1 Å². The summed E-state index contributed by atoms with van der Waals surface area (Å²) in [6.45, 7) is 1.29. The summed E-state index contributed by atoms with van der Waals surface area (Å²) in [6, 6.07) is 16.6. The second kappa shape index (κ2) is 10.8. The molecule has 2 aromatic carbocycles. The Bertz CT molecular complexity index is 1160. The number of carbonyl (C=O) groups excluding carboxylic acids is 1. The molecule has 3 aromatic rings. The van der Waals surface area contributed by atoms with Gasteiger partial charge in [-0.2, -0.15) is 0 Å². The predicted molar refractivity (Wildman–Crippen MR) is 130 cm³/mol. The summed E-state index contributed by atoms with van der Waals surface area (Å²) in [6.07, 6.45) is 6.92. The van der Waals surface area contributed by atoms with Gasteiger partial charge in [0.25, 0.3) is 0 Å². The van der Waals surface area contributed by atoms with Gasteiger partial charge in [-0.1, -0.05) is 47.7 Å². The Hall–Kier alpha value is -3.98. The molecule has 0 spiro atoms. The normalized spacial score (nSPS) is 18.4. The summed E-state index contributed by atoms with van der Waals surface area (Å²) in [7, 11) is 0. The van der Waals surface area contributed by atoms with Gasteiger partial charge < -0.3 is 16.2 Å². The maximum absolute atomic E-state index is 12.2. The number of nitrogens with two attached hydrogens (primary N) is 1. The molecule has 1 saturated heterocycles. The average Bonchev–Trinajstić information content (AvgIpc) is 3.47. The van der Waals surface area contributed by atoms with Crippen LogP contribution in [0.2, 0.25) is 0 Å². The molecule has 4 N–H and O–H groups in total. The Kier molecular flexibility index (Phi) is 7.34. The van der Waals surface area contributed by atoms with E-state index in [-0.39, 0.29) is 11.9 Å². The first kappa shape index (κ1) is 23.2. The molecule has 0 saturated carbocycles. The second-order valence-corrected chi connectivity index (χ2v) is 8.36. The zero-order valence-electron chi connectivity index (χ0n) is 18.7. The SMILES string of the molecule is Nc1ccccc1NC(=O)/C=C/c1cn([C@H]2C[C@H](C(=O)O)N(CCCc3ccccc3)C2)nn1. The summed E-state index contributed by atoms with van der Waals surface area (Å²) in [4.78, 5) is 26.0. The second-order valence-electron chi connectivity index (χ2n) is 8.36. The molecule has 34 heavy (non-hydrogen) atoms. The molecule has 9 nitrogen and oxygen atoms in total. The molecule has 0 aliphatic carbocycles. The Morgan fingerprint density at radius 3 is 2.68 bits per heavy atom. The number of likely N-dealkylation sites (tertiary alicyclic amines) is 1. The number of carboxylic acid groups (broad SMARTS) is 1. The van der Waals surface area contributed by atoms with E-state index in [1.54, 1.807) is 41.2 Å². The summed E-state index contributed by atoms with van der Waals surface area (Å²) in [5.74, 6) is -1.15. The highest BCUT2D eigenvalue weighted by Crippen LogP contribution is 2.27. The van der Waals surface area contributed by atoms with E-state index in [0.717, 1.165) is 12.8 Å². The van der Waals surface area contributed by atoms with Crippen molar-refractivity contribution in [3.8, 4) is 0 Å². The number of nitrogens with one attached hydrogen (secondary N) is 1. The van der Waals surface area contributed by atoms with Gasteiger partial charge in [-0.3, -0.25) is 14.5 Å². The van der Waals surface area contributed by atoms with E-state index in [0.29, 0.717) is 36.6 Å². The summed E-state index contributed by atoms with van der Waals surface area (Å²) < 4.78 is 1.69. The van der Waals surface area contributed by atoms with Crippen LogP contribution in [0.3, 0.4) is 0 Å². The van der Waals surface area contributed by atoms with Gasteiger partial charge in [-0.25, -0.2) is 4.68 Å². The van der Waals surface area contributed by atoms with E-state index in [2.05, 4.69) is 27.8 Å². The van der Waals surface area contributed by atoms with Crippen LogP contribution < -0.4 is 11.1 Å². The van der Waals surface area contributed by atoms with Crippen molar-refractivity contribution < 1.29 is 14.7 Å². The number of hydrogen-bond donors (Lipinski definition) is 3. The smallest absolute Gasteiger partial charge is 0.321 e. The van der Waals surface area contributed by atoms with E-state index >= 15 is 0 Å². The lowest BCUT2D eigenvalue weighted by atomic mass is 10.1. The van der Waals surface area contributed by atoms with Crippen LogP contribution in [0.4, 0.5) is 11.4 Å². The number of carbonyl (C=O) groups is 2. The maximum atomic E-state index is 12.2. The first-order valence-corrected chi connectivity index (χ1v) is 11.3. The zero-order valence-corrected chi connectivity index (χ0v) is 18.7. The highest BCUT2D eigenvalue weighted by Gasteiger charge is 2.37. The highest BCUT2D eigenvalue weighted by atomic mass is 16.4. The van der Waals surface area contributed by atoms with Crippen LogP contribution in [-0.2, 0) is 16.0 Å². The lowest BCUT2D eigenvalue weighted by Crippen LogP contribution is -2.36. The van der Waals surface area contributed by atoms with Gasteiger partial charge in [-0.15, -0.1) is 5.10 Å². The van der Waals surface area contributed by atoms with Gasteiger partial charge in [0, 0.05) is 12.6 Å². The van der Waals surface area contributed by atoms with Gasteiger partial charge in [-0.05, 0) is 49.6 Å². The van der Waals surface area contributed by atoms with Crippen molar-refractivity contribution in [2.45, 2.75) is 31.3 Å². The number of para-hydroxylation sites is 2. The minimum atomic E-state index is -0.820. The van der Waals surface area contributed by atoms with Gasteiger partial charge in [0.15, 0.2) is 0 Å². The molecule has 176 valence electrons. The number of nitrogen functional groups attached to an aromatic ring is 1. The molecule has 1 amide bonds. The Morgan fingerprint density at radius 2 is 1.91 bits per heavy atom. The molecule has 2 atom stereocenters. The Labute approximate surface area is 197 Å². The van der Waals surface area contributed by atoms with Crippen molar-refractivity contribution in [2.24, 2.45) is 0 Å². The van der Waals surface area contributed by atoms with Gasteiger partial charge >= 0.3 is 5.97 Å². The van der Waals surface area contributed by atoms with Gasteiger partial charge in [0.05, 0.1) is 23.6 Å². The standard InChI is InChI=1S/C25H28N6O3/c26-21-10-4-5-11-22(21)27-24(32)13-12-19-16-31(29-28-19)20-15-23(25(33)34)30(17-20)14-6-9-18-7-2-1-3-8-18/h1-5,7-8,10-13,16,20,23H,6,9,14-15,17,26H2,(H,27,32)(H,33,34)/b13-12+/t20-,23+/m0/s1. The van der Waals surface area contributed by atoms with Crippen LogP contribution in [0.15, 0.2) is 66.9 Å². The van der Waals surface area contributed by atoms with E-state index < -0.39 is 12.0 Å². The summed E-state index contributed by atoms with van der Waals surface area (Å²) >= 11 is 0. The fourth-order valence-electron chi connectivity index (χ4n) is 4.20. The zero-order chi connectivity index (χ0) is 23.9. The molecule has 1 aliphatic heterocycles. The largest absolute Gasteiger partial charge is 0.480 e. The van der Waals surface area contributed by atoms with E-state index in [9.17, 15) is 14.7 Å². The van der Waals surface area contributed by atoms with E-state index in [4.69, 9.17) is 5.73 Å². The average molecular weight is 461 g/mol. The number of aryl methyl sites for hydroxylation is 1. The van der Waals surface area contributed by atoms with Gasteiger partial charge in [0.2, 0.25) is 5.91 Å². The van der Waals surface area contributed by atoms with Crippen LogP contribution in [0.5, 0.6) is 0 Å². The molecule has 1 fully saturated rings. The lowest BCUT2D eigenvalue weighted by molar-refractivity contribution is -0.142. The van der Waals surface area contributed by atoms with E-state index in [1.807, 2.05) is 23.1 Å². The molecular formula is C25H28N6O3. The third-order valence-electron chi connectivity index (χ3n) is 5.95. The highest BCUT2D eigenvalue weighted by molar-refractivity contribution is 6.03. The van der Waals surface area contributed by atoms with Crippen molar-refractivity contribution in [3.63, 3.8) is 0 Å². The van der Waals surface area contributed by atoms with Crippen LogP contribution in [0.25, 0.3) is 6.08 Å².